The summed E-state index contributed by atoms with van der Waals surface area (Å²) in [6, 6.07) is 5.16. The Morgan fingerprint density at radius 3 is 2.48 bits per heavy atom. The number of fused-ring (bicyclic) bond motifs is 1. The highest BCUT2D eigenvalue weighted by Gasteiger charge is 2.65. The average molecular weight is 927 g/mol. The summed E-state index contributed by atoms with van der Waals surface area (Å²) in [6.07, 6.45) is 4.09. The molecule has 1 saturated heterocycles. The summed E-state index contributed by atoms with van der Waals surface area (Å²) >= 11 is 1.45. The second-order valence-electron chi connectivity index (χ2n) is 18.1. The summed E-state index contributed by atoms with van der Waals surface area (Å²) in [7, 11) is -2.21. The first-order valence-corrected chi connectivity index (χ1v) is 24.9. The molecule has 6 atom stereocenters. The van der Waals surface area contributed by atoms with Crippen LogP contribution in [0.5, 0.6) is 11.5 Å². The molecular formula is C45H63N6O11PS. The van der Waals surface area contributed by atoms with Gasteiger partial charge in [-0.1, -0.05) is 40.2 Å². The van der Waals surface area contributed by atoms with Crippen LogP contribution in [0.25, 0.3) is 22.3 Å². The van der Waals surface area contributed by atoms with Crippen LogP contribution in [0.1, 0.15) is 92.9 Å². The quantitative estimate of drug-likeness (QED) is 0.0339. The van der Waals surface area contributed by atoms with Crippen molar-refractivity contribution >= 4 is 58.8 Å². The molecule has 1 aromatic carbocycles. The van der Waals surface area contributed by atoms with E-state index in [0.29, 0.717) is 40.2 Å². The number of anilines is 1. The highest BCUT2D eigenvalue weighted by atomic mass is 32.1. The van der Waals surface area contributed by atoms with Gasteiger partial charge in [-0.15, -0.1) is 17.9 Å². The Kier molecular flexibility index (Phi) is 15.5. The Bertz CT molecular complexity index is 2230. The van der Waals surface area contributed by atoms with Crippen molar-refractivity contribution in [2.75, 3.05) is 39.0 Å². The fraction of sp³-hybridized carbons (Fsp3) is 0.600. The normalized spacial score (nSPS) is 22.3. The molecule has 2 saturated carbocycles. The van der Waals surface area contributed by atoms with Crippen LogP contribution < -0.4 is 25.4 Å². The van der Waals surface area contributed by atoms with E-state index in [-0.39, 0.29) is 38.1 Å². The Morgan fingerprint density at radius 1 is 1.08 bits per heavy atom. The van der Waals surface area contributed by atoms with Crippen molar-refractivity contribution in [2.24, 2.45) is 11.3 Å². The summed E-state index contributed by atoms with van der Waals surface area (Å²) in [5.74, 6) is -0.531. The van der Waals surface area contributed by atoms with Crippen molar-refractivity contribution in [3.05, 3.63) is 42.3 Å². The van der Waals surface area contributed by atoms with E-state index >= 15 is 0 Å². The summed E-state index contributed by atoms with van der Waals surface area (Å²) in [5, 5.41) is 11.0. The van der Waals surface area contributed by atoms with Gasteiger partial charge in [-0.2, -0.15) is 0 Å². The van der Waals surface area contributed by atoms with E-state index in [9.17, 15) is 23.7 Å². The second-order valence-corrected chi connectivity index (χ2v) is 21.7. The van der Waals surface area contributed by atoms with E-state index in [1.807, 2.05) is 53.0 Å². The van der Waals surface area contributed by atoms with Gasteiger partial charge in [-0.3, -0.25) is 18.7 Å². The molecule has 6 rings (SSSR count). The van der Waals surface area contributed by atoms with Crippen molar-refractivity contribution < 1.29 is 52.0 Å². The van der Waals surface area contributed by atoms with Gasteiger partial charge in [-0.05, 0) is 69.9 Å². The average Bonchev–Trinajstić information content (AvgIpc) is 3.63. The largest absolute Gasteiger partial charge is 0.510 e. The fourth-order valence-corrected chi connectivity index (χ4v) is 11.0. The Hall–Kier alpha value is -4.93. The van der Waals surface area contributed by atoms with Gasteiger partial charge in [0, 0.05) is 47.9 Å². The number of alkyl carbamates (subject to hydrolysis) is 1. The lowest BCUT2D eigenvalue weighted by Gasteiger charge is -2.36. The van der Waals surface area contributed by atoms with E-state index in [0.717, 1.165) is 37.2 Å². The van der Waals surface area contributed by atoms with Gasteiger partial charge in [0.05, 0.1) is 31.5 Å². The molecule has 17 nitrogen and oxygen atoms in total. The molecule has 3 aliphatic rings. The zero-order chi connectivity index (χ0) is 46.4. The van der Waals surface area contributed by atoms with E-state index < -0.39 is 73.0 Å². The monoisotopic (exact) mass is 926 g/mol. The molecule has 3 N–H and O–H groups in total. The number of rotatable bonds is 19. The second kappa shape index (κ2) is 20.5. The lowest BCUT2D eigenvalue weighted by atomic mass is 9.85. The van der Waals surface area contributed by atoms with Gasteiger partial charge in [0.2, 0.25) is 26.0 Å². The number of unbranched alkanes of at least 4 members (excludes halogenated alkanes) is 1. The molecule has 0 spiro atoms. The minimum atomic E-state index is -3.78. The van der Waals surface area contributed by atoms with Gasteiger partial charge in [-0.25, -0.2) is 19.6 Å². The van der Waals surface area contributed by atoms with Crippen LogP contribution in [0.2, 0.25) is 0 Å². The van der Waals surface area contributed by atoms with Crippen LogP contribution in [0.15, 0.2) is 42.3 Å². The number of carbonyl (C=O) groups excluding carboxylic acids is 4. The number of methoxy groups -OCH3 is 1. The maximum atomic E-state index is 14.9. The number of amides is 3. The summed E-state index contributed by atoms with van der Waals surface area (Å²) < 4.78 is 48.1. The maximum absolute atomic E-state index is 14.9. The number of aromatic nitrogens is 2. The standard InChI is InChI=1S/C45H63N6O11PS/c1-10-12-19-58-43(55)59-26-60-63(9,56)45(23-28(45)11-2)50-39(52)36-21-31(24-51(36)40(53)38(44(5,6)7)49-42(54)62-29-15-13-14-16-29)61-37-22-34(35-25-64-41(48-35)46-27(3)4)47-33-20-30(57-8)17-18-32(33)37/h11,17-18,20,22,25,27-29,31,36,38H,2,10,12-16,19,21,23-24,26H2,1,3-9H3,(H,46,48)(H,49,54)(H,50,52)/t28-,31?,36?,38?,45+,63?/m1/s1. The van der Waals surface area contributed by atoms with Crippen LogP contribution in [-0.2, 0) is 32.9 Å². The van der Waals surface area contributed by atoms with Gasteiger partial charge < -0.3 is 44.5 Å². The molecule has 3 aromatic rings. The van der Waals surface area contributed by atoms with Crippen LogP contribution >= 0.6 is 18.7 Å². The first kappa shape index (κ1) is 48.5. The maximum Gasteiger partial charge on any atom is 0.510 e. The molecular weight excluding hydrogens is 864 g/mol. The van der Waals surface area contributed by atoms with E-state index in [1.54, 1.807) is 31.4 Å². The molecule has 2 aliphatic carbocycles. The summed E-state index contributed by atoms with van der Waals surface area (Å²) in [4.78, 5) is 66.2. The molecule has 3 heterocycles. The first-order valence-electron chi connectivity index (χ1n) is 22.0. The van der Waals surface area contributed by atoms with Gasteiger partial charge in [0.15, 0.2) is 5.13 Å². The number of hydrogen-bond donors (Lipinski definition) is 3. The fourth-order valence-electron chi connectivity index (χ4n) is 8.11. The molecule has 2 aromatic heterocycles. The predicted octanol–water partition coefficient (Wildman–Crippen LogP) is 8.47. The molecule has 1 aliphatic heterocycles. The topological polar surface area (TPSA) is 206 Å². The Labute approximate surface area is 379 Å². The molecule has 350 valence electrons. The molecule has 0 radical (unpaired) electrons. The van der Waals surface area contributed by atoms with Crippen molar-refractivity contribution in [3.63, 3.8) is 0 Å². The van der Waals surface area contributed by atoms with Crippen LogP contribution in [0, 0.1) is 11.3 Å². The molecule has 64 heavy (non-hydrogen) atoms. The zero-order valence-corrected chi connectivity index (χ0v) is 39.8. The van der Waals surface area contributed by atoms with Crippen molar-refractivity contribution in [2.45, 2.75) is 129 Å². The third kappa shape index (κ3) is 11.5. The molecule has 0 bridgehead atoms. The number of ether oxygens (including phenoxy) is 5. The number of pyridine rings is 1. The van der Waals surface area contributed by atoms with Crippen molar-refractivity contribution in [3.8, 4) is 22.9 Å². The number of likely N-dealkylation sites (tertiary alicyclic amines) is 1. The predicted molar refractivity (Wildman–Crippen MR) is 244 cm³/mol. The summed E-state index contributed by atoms with van der Waals surface area (Å²) in [6.45, 7) is 16.2. The first-order chi connectivity index (χ1) is 30.4. The van der Waals surface area contributed by atoms with E-state index in [4.69, 9.17) is 38.2 Å². The van der Waals surface area contributed by atoms with Gasteiger partial charge in [0.1, 0.15) is 46.8 Å². The van der Waals surface area contributed by atoms with E-state index in [2.05, 4.69) is 22.5 Å². The Morgan fingerprint density at radius 2 is 1.83 bits per heavy atom. The molecule has 4 unspecified atom stereocenters. The van der Waals surface area contributed by atoms with Crippen LogP contribution in [0.3, 0.4) is 0 Å². The van der Waals surface area contributed by atoms with Crippen LogP contribution in [0.4, 0.5) is 14.7 Å². The number of nitrogens with zero attached hydrogens (tertiary/aromatic N) is 3. The van der Waals surface area contributed by atoms with Crippen LogP contribution in [-0.4, -0.2) is 108 Å². The smallest absolute Gasteiger partial charge is 0.497 e. The van der Waals surface area contributed by atoms with E-state index in [1.165, 1.54) is 22.9 Å². The molecule has 3 amide bonds. The minimum absolute atomic E-state index is 0.0336. The van der Waals surface area contributed by atoms with Gasteiger partial charge in [0.25, 0.3) is 0 Å². The third-order valence-corrected chi connectivity index (χ3v) is 15.2. The minimum Gasteiger partial charge on any atom is -0.497 e. The van der Waals surface area contributed by atoms with Gasteiger partial charge >= 0.3 is 12.2 Å². The number of carbonyl (C=O) groups is 4. The third-order valence-electron chi connectivity index (χ3n) is 11.8. The van der Waals surface area contributed by atoms with Crippen molar-refractivity contribution in [1.82, 2.24) is 25.5 Å². The highest BCUT2D eigenvalue weighted by Crippen LogP contribution is 2.70. The van der Waals surface area contributed by atoms with Crippen molar-refractivity contribution in [1.29, 1.82) is 0 Å². The lowest BCUT2D eigenvalue weighted by Crippen LogP contribution is -2.58. The lowest BCUT2D eigenvalue weighted by molar-refractivity contribution is -0.142. The number of hydrogen-bond acceptors (Lipinski definition) is 15. The number of benzene rings is 1. The number of nitrogens with one attached hydrogen (secondary N) is 3. The highest BCUT2D eigenvalue weighted by molar-refractivity contribution is 7.60. The summed E-state index contributed by atoms with van der Waals surface area (Å²) in [5.41, 5.74) is 0.945. The number of thiazole rings is 1. The molecule has 3 fully saturated rings. The SMILES string of the molecule is C=C[C@@H]1C[C@]1(NC(=O)C1CC(Oc2cc(-c3csc(NC(C)C)n3)nc3cc(OC)ccc23)CN1C(=O)C(NC(=O)OC1CCCC1)C(C)(C)C)P(C)(=O)OCOC(=O)OCCCC. The molecule has 19 heteroatoms. The Balaban J connectivity index is 1.30. The zero-order valence-electron chi connectivity index (χ0n) is 38.1.